The van der Waals surface area contributed by atoms with Gasteiger partial charge in [0.05, 0.1) is 17.7 Å². The molecule has 136 valence electrons. The van der Waals surface area contributed by atoms with Gasteiger partial charge in [-0.3, -0.25) is 9.78 Å². The summed E-state index contributed by atoms with van der Waals surface area (Å²) in [7, 11) is 0. The van der Waals surface area contributed by atoms with Crippen molar-refractivity contribution in [3.05, 3.63) is 64.3 Å². The van der Waals surface area contributed by atoms with Gasteiger partial charge in [0, 0.05) is 42.4 Å². The fourth-order valence-electron chi connectivity index (χ4n) is 3.48. The number of phenols is 1. The fourth-order valence-corrected chi connectivity index (χ4v) is 3.48. The number of Topliss-reactive ketones (excluding diaryl/α,β-unsaturated/α-hetero) is 1. The van der Waals surface area contributed by atoms with E-state index in [0.29, 0.717) is 22.3 Å². The van der Waals surface area contributed by atoms with Crippen molar-refractivity contribution in [2.24, 2.45) is 0 Å². The molecule has 0 aliphatic heterocycles. The smallest absolute Gasteiger partial charge is 0.339 e. The highest BCUT2D eigenvalue weighted by molar-refractivity contribution is 6.05. The highest BCUT2D eigenvalue weighted by atomic mass is 16.4. The number of aromatic nitrogens is 1. The van der Waals surface area contributed by atoms with Crippen molar-refractivity contribution in [2.45, 2.75) is 18.9 Å². The highest BCUT2D eigenvalue weighted by Gasteiger charge is 2.32. The largest absolute Gasteiger partial charge is 0.508 e. The molecule has 1 aromatic carbocycles. The van der Waals surface area contributed by atoms with Gasteiger partial charge in [-0.2, -0.15) is 0 Å². The van der Waals surface area contributed by atoms with E-state index in [1.807, 2.05) is 0 Å². The third kappa shape index (κ3) is 2.98. The minimum absolute atomic E-state index is 0.0389. The first-order chi connectivity index (χ1) is 12.9. The topological polar surface area (TPSA) is 121 Å². The summed E-state index contributed by atoms with van der Waals surface area (Å²) in [6, 6.07) is 7.05. The molecule has 0 radical (unpaired) electrons. The Morgan fingerprint density at radius 2 is 1.89 bits per heavy atom. The van der Waals surface area contributed by atoms with Crippen molar-refractivity contribution in [3.63, 3.8) is 0 Å². The lowest BCUT2D eigenvalue weighted by molar-refractivity contribution is 0.0850. The second kappa shape index (κ2) is 6.37. The van der Waals surface area contributed by atoms with Crippen LogP contribution in [0.4, 0.5) is 0 Å². The lowest BCUT2D eigenvalue weighted by Gasteiger charge is -2.25. The Hall–Kier alpha value is -3.45. The van der Waals surface area contributed by atoms with Crippen LogP contribution in [0.1, 0.15) is 22.3 Å². The molecule has 0 fully saturated rings. The molecule has 0 saturated heterocycles. The van der Waals surface area contributed by atoms with E-state index in [1.165, 1.54) is 12.1 Å². The van der Waals surface area contributed by atoms with Crippen LogP contribution in [-0.4, -0.2) is 32.2 Å². The summed E-state index contributed by atoms with van der Waals surface area (Å²) < 4.78 is 5.27. The predicted molar refractivity (Wildman–Crippen MR) is 95.6 cm³/mol. The maximum absolute atomic E-state index is 12.4. The zero-order chi connectivity index (χ0) is 19.1. The average Bonchev–Trinajstić information content (AvgIpc) is 2.60. The van der Waals surface area contributed by atoms with E-state index in [0.717, 1.165) is 6.07 Å². The lowest BCUT2D eigenvalue weighted by atomic mass is 9.81. The summed E-state index contributed by atoms with van der Waals surface area (Å²) in [6.07, 6.45) is 2.22. The van der Waals surface area contributed by atoms with Crippen LogP contribution in [0.5, 0.6) is 11.5 Å². The average molecular weight is 365 g/mol. The molecule has 2 aromatic heterocycles. The lowest BCUT2D eigenvalue weighted by Crippen LogP contribution is -2.25. The van der Waals surface area contributed by atoms with Crippen molar-refractivity contribution in [2.75, 3.05) is 0 Å². The number of pyridine rings is 1. The molecule has 0 saturated carbocycles. The molecule has 4 rings (SSSR count). The van der Waals surface area contributed by atoms with Crippen LogP contribution in [0.15, 0.2) is 51.9 Å². The normalized spacial score (nSPS) is 16.2. The number of fused-ring (bicyclic) bond motifs is 1. The molecule has 2 heterocycles. The van der Waals surface area contributed by atoms with Crippen molar-refractivity contribution < 1.29 is 24.5 Å². The van der Waals surface area contributed by atoms with E-state index >= 15 is 0 Å². The Labute approximate surface area is 153 Å². The number of carbonyl (C=O) groups is 1. The molecule has 7 nitrogen and oxygen atoms in total. The number of carbonyl (C=O) groups excluding carboxylic acids is 1. The first-order valence-corrected chi connectivity index (χ1v) is 8.29. The number of aromatic hydroxyl groups is 2. The SMILES string of the molecule is O=C1CC(O)Cc2c1c(O)cc(-c1cccnc1)c2-c1cc(O)cc(=O)o1. The molecule has 3 N–H and O–H groups in total. The van der Waals surface area contributed by atoms with E-state index in [-0.39, 0.29) is 35.7 Å². The van der Waals surface area contributed by atoms with Crippen LogP contribution in [-0.2, 0) is 6.42 Å². The number of aliphatic hydroxyl groups excluding tert-OH is 1. The Morgan fingerprint density at radius 3 is 2.59 bits per heavy atom. The quantitative estimate of drug-likeness (QED) is 0.637. The molecular formula is C20H15NO6. The molecule has 27 heavy (non-hydrogen) atoms. The van der Waals surface area contributed by atoms with Crippen molar-refractivity contribution in [1.82, 2.24) is 4.98 Å². The van der Waals surface area contributed by atoms with E-state index < -0.39 is 17.5 Å². The molecule has 1 unspecified atom stereocenters. The van der Waals surface area contributed by atoms with E-state index in [9.17, 15) is 24.9 Å². The van der Waals surface area contributed by atoms with Crippen molar-refractivity contribution >= 4 is 5.78 Å². The molecule has 1 aliphatic carbocycles. The summed E-state index contributed by atoms with van der Waals surface area (Å²) in [5.41, 5.74) is 1.14. The monoisotopic (exact) mass is 365 g/mol. The Kier molecular flexibility index (Phi) is 4.01. The minimum Gasteiger partial charge on any atom is -0.508 e. The number of benzene rings is 1. The Morgan fingerprint density at radius 1 is 1.07 bits per heavy atom. The van der Waals surface area contributed by atoms with Gasteiger partial charge in [0.25, 0.3) is 0 Å². The Balaban J connectivity index is 2.12. The number of nitrogens with zero attached hydrogens (tertiary/aromatic N) is 1. The second-order valence-electron chi connectivity index (χ2n) is 6.40. The van der Waals surface area contributed by atoms with E-state index in [4.69, 9.17) is 4.42 Å². The van der Waals surface area contributed by atoms with Gasteiger partial charge >= 0.3 is 5.63 Å². The molecular weight excluding hydrogens is 350 g/mol. The third-order valence-corrected chi connectivity index (χ3v) is 4.52. The first kappa shape index (κ1) is 17.0. The zero-order valence-corrected chi connectivity index (χ0v) is 14.0. The van der Waals surface area contributed by atoms with Gasteiger partial charge in [-0.05, 0) is 23.3 Å². The van der Waals surface area contributed by atoms with Gasteiger partial charge in [0.1, 0.15) is 17.3 Å². The number of hydrogen-bond acceptors (Lipinski definition) is 7. The molecule has 0 amide bonds. The third-order valence-electron chi connectivity index (χ3n) is 4.52. The predicted octanol–water partition coefficient (Wildman–Crippen LogP) is 2.27. The second-order valence-corrected chi connectivity index (χ2v) is 6.40. The molecule has 0 bridgehead atoms. The first-order valence-electron chi connectivity index (χ1n) is 8.29. The van der Waals surface area contributed by atoms with Gasteiger partial charge in [0.15, 0.2) is 5.78 Å². The van der Waals surface area contributed by atoms with Crippen molar-refractivity contribution in [3.8, 4) is 33.9 Å². The number of rotatable bonds is 2. The van der Waals surface area contributed by atoms with Crippen LogP contribution < -0.4 is 5.63 Å². The highest BCUT2D eigenvalue weighted by Crippen LogP contribution is 2.43. The number of hydrogen-bond donors (Lipinski definition) is 3. The van der Waals surface area contributed by atoms with E-state index in [1.54, 1.807) is 24.5 Å². The molecule has 7 heteroatoms. The minimum atomic E-state index is -0.920. The zero-order valence-electron chi connectivity index (χ0n) is 14.0. The molecule has 0 spiro atoms. The van der Waals surface area contributed by atoms with Gasteiger partial charge in [-0.15, -0.1) is 0 Å². The summed E-state index contributed by atoms with van der Waals surface area (Å²) >= 11 is 0. The number of ketones is 1. The van der Waals surface area contributed by atoms with Crippen LogP contribution in [0.2, 0.25) is 0 Å². The standard InChI is InChI=1S/C20H15NO6/c22-11-4-14-19(17-6-12(23)7-18(26)27-17)13(10-2-1-3-21-9-10)8-16(25)20(14)15(24)5-11/h1-3,6-9,11,22-23,25H,4-5H2. The molecule has 3 aromatic rings. The summed E-state index contributed by atoms with van der Waals surface area (Å²) in [5, 5.41) is 30.4. The van der Waals surface area contributed by atoms with Crippen LogP contribution in [0.3, 0.4) is 0 Å². The summed E-state index contributed by atoms with van der Waals surface area (Å²) in [6.45, 7) is 0. The van der Waals surface area contributed by atoms with Crippen LogP contribution in [0, 0.1) is 0 Å². The van der Waals surface area contributed by atoms with Gasteiger partial charge in [-0.1, -0.05) is 6.07 Å². The Bertz CT molecular complexity index is 1100. The molecule has 1 atom stereocenters. The maximum Gasteiger partial charge on any atom is 0.339 e. The summed E-state index contributed by atoms with van der Waals surface area (Å²) in [5.74, 6) is -0.866. The van der Waals surface area contributed by atoms with Gasteiger partial charge in [-0.25, -0.2) is 4.79 Å². The number of aliphatic hydroxyl groups is 1. The van der Waals surface area contributed by atoms with Crippen LogP contribution in [0.25, 0.3) is 22.5 Å². The van der Waals surface area contributed by atoms with Crippen LogP contribution >= 0.6 is 0 Å². The molecule has 1 aliphatic rings. The van der Waals surface area contributed by atoms with Gasteiger partial charge < -0.3 is 19.7 Å². The summed E-state index contributed by atoms with van der Waals surface area (Å²) in [4.78, 5) is 28.3. The fraction of sp³-hybridized carbons (Fsp3) is 0.150. The number of phenolic OH excluding ortho intramolecular Hbond substituents is 1. The van der Waals surface area contributed by atoms with Gasteiger partial charge in [0.2, 0.25) is 0 Å². The maximum atomic E-state index is 12.4. The van der Waals surface area contributed by atoms with E-state index in [2.05, 4.69) is 4.98 Å². The van der Waals surface area contributed by atoms with Crippen molar-refractivity contribution in [1.29, 1.82) is 0 Å².